The standard InChI is InChI=1S/C29H29N5O3/c1-37-24-14-8-11-22(17-24)26-18-27(34(31-26)28(36)19-30-15-16-35)25-20-33(23-12-6-3-7-13-23)32-29(25)21-9-4-2-5-10-21/h2-14,17,20,27,30,35H,15-16,18-19H2,1H3/t27-/m0/s1. The van der Waals surface area contributed by atoms with Gasteiger partial charge in [0, 0.05) is 35.9 Å². The van der Waals surface area contributed by atoms with E-state index in [9.17, 15) is 4.79 Å². The molecule has 1 amide bonds. The number of carbonyl (C=O) groups excluding carboxylic acids is 1. The lowest BCUT2D eigenvalue weighted by molar-refractivity contribution is -0.132. The Labute approximate surface area is 215 Å². The van der Waals surface area contributed by atoms with Crippen LogP contribution in [0.2, 0.25) is 0 Å². The molecule has 0 saturated heterocycles. The molecular weight excluding hydrogens is 466 g/mol. The molecule has 0 spiro atoms. The quantitative estimate of drug-likeness (QED) is 0.345. The Morgan fingerprint density at radius 3 is 2.49 bits per heavy atom. The fraction of sp³-hybridized carbons (Fsp3) is 0.207. The first-order chi connectivity index (χ1) is 18.2. The van der Waals surface area contributed by atoms with Crippen molar-refractivity contribution in [3.63, 3.8) is 0 Å². The lowest BCUT2D eigenvalue weighted by atomic mass is 9.96. The van der Waals surface area contributed by atoms with Gasteiger partial charge in [-0.2, -0.15) is 10.2 Å². The summed E-state index contributed by atoms with van der Waals surface area (Å²) in [7, 11) is 1.63. The van der Waals surface area contributed by atoms with Crippen LogP contribution in [0.15, 0.2) is 96.2 Å². The normalized spacial score (nSPS) is 15.0. The molecule has 4 aromatic rings. The van der Waals surface area contributed by atoms with Crippen LogP contribution in [0.1, 0.15) is 23.6 Å². The van der Waals surface area contributed by atoms with Crippen molar-refractivity contribution in [1.82, 2.24) is 20.1 Å². The maximum Gasteiger partial charge on any atom is 0.257 e. The van der Waals surface area contributed by atoms with Crippen molar-refractivity contribution in [2.45, 2.75) is 12.5 Å². The smallest absolute Gasteiger partial charge is 0.257 e. The molecule has 1 aliphatic heterocycles. The lowest BCUT2D eigenvalue weighted by Crippen LogP contribution is -2.36. The third-order valence-electron chi connectivity index (χ3n) is 6.30. The Balaban J connectivity index is 1.58. The summed E-state index contributed by atoms with van der Waals surface area (Å²) in [5, 5.41) is 23.4. The maximum absolute atomic E-state index is 13.4. The number of nitrogens with one attached hydrogen (secondary N) is 1. The van der Waals surface area contributed by atoms with Crippen molar-refractivity contribution in [2.75, 3.05) is 26.8 Å². The third-order valence-corrected chi connectivity index (χ3v) is 6.30. The molecule has 2 heterocycles. The number of aromatic nitrogens is 2. The summed E-state index contributed by atoms with van der Waals surface area (Å²) < 4.78 is 7.27. The largest absolute Gasteiger partial charge is 0.497 e. The molecule has 8 heteroatoms. The highest BCUT2D eigenvalue weighted by molar-refractivity contribution is 6.03. The van der Waals surface area contributed by atoms with Crippen LogP contribution in [0.5, 0.6) is 5.75 Å². The van der Waals surface area contributed by atoms with E-state index in [1.54, 1.807) is 12.1 Å². The van der Waals surface area contributed by atoms with E-state index in [1.165, 1.54) is 0 Å². The van der Waals surface area contributed by atoms with Gasteiger partial charge >= 0.3 is 0 Å². The number of hydrogen-bond donors (Lipinski definition) is 2. The van der Waals surface area contributed by atoms with E-state index >= 15 is 0 Å². The minimum atomic E-state index is -0.350. The Morgan fingerprint density at radius 1 is 1.03 bits per heavy atom. The summed E-state index contributed by atoms with van der Waals surface area (Å²) in [5.41, 5.74) is 5.31. The van der Waals surface area contributed by atoms with E-state index in [-0.39, 0.29) is 25.1 Å². The van der Waals surface area contributed by atoms with E-state index in [2.05, 4.69) is 5.32 Å². The molecule has 3 aromatic carbocycles. The van der Waals surface area contributed by atoms with Gasteiger partial charge in [0.2, 0.25) is 0 Å². The first-order valence-corrected chi connectivity index (χ1v) is 12.2. The molecule has 2 N–H and O–H groups in total. The zero-order chi connectivity index (χ0) is 25.6. The highest BCUT2D eigenvalue weighted by atomic mass is 16.5. The molecule has 0 fully saturated rings. The van der Waals surface area contributed by atoms with Gasteiger partial charge in [0.25, 0.3) is 5.91 Å². The van der Waals surface area contributed by atoms with Gasteiger partial charge in [0.05, 0.1) is 43.4 Å². The van der Waals surface area contributed by atoms with Crippen LogP contribution < -0.4 is 10.1 Å². The van der Waals surface area contributed by atoms with Gasteiger partial charge < -0.3 is 15.2 Å². The second-order valence-electron chi connectivity index (χ2n) is 8.72. The predicted molar refractivity (Wildman–Crippen MR) is 143 cm³/mol. The number of methoxy groups -OCH3 is 1. The van der Waals surface area contributed by atoms with Crippen molar-refractivity contribution >= 4 is 11.6 Å². The first kappa shape index (κ1) is 24.4. The van der Waals surface area contributed by atoms with Crippen molar-refractivity contribution in [2.24, 2.45) is 5.10 Å². The van der Waals surface area contributed by atoms with E-state index in [0.717, 1.165) is 39.5 Å². The van der Waals surface area contributed by atoms with Gasteiger partial charge in [-0.15, -0.1) is 0 Å². The van der Waals surface area contributed by atoms with E-state index in [4.69, 9.17) is 20.0 Å². The Kier molecular flexibility index (Phi) is 7.39. The molecule has 188 valence electrons. The highest BCUT2D eigenvalue weighted by Crippen LogP contribution is 2.38. The SMILES string of the molecule is COc1cccc(C2=NN(C(=O)CNCCO)[C@H](c3cn(-c4ccccc4)nc3-c3ccccc3)C2)c1. The van der Waals surface area contributed by atoms with Gasteiger partial charge in [-0.3, -0.25) is 4.79 Å². The number of para-hydroxylation sites is 1. The molecule has 0 bridgehead atoms. The van der Waals surface area contributed by atoms with E-state index in [0.29, 0.717) is 13.0 Å². The number of carbonyl (C=O) groups is 1. The molecule has 37 heavy (non-hydrogen) atoms. The van der Waals surface area contributed by atoms with Gasteiger partial charge in [-0.05, 0) is 24.3 Å². The highest BCUT2D eigenvalue weighted by Gasteiger charge is 2.36. The molecule has 0 aliphatic carbocycles. The first-order valence-electron chi connectivity index (χ1n) is 12.2. The number of rotatable bonds is 9. The Morgan fingerprint density at radius 2 is 1.76 bits per heavy atom. The van der Waals surface area contributed by atoms with Crippen LogP contribution in [-0.2, 0) is 4.79 Å². The van der Waals surface area contributed by atoms with Crippen LogP contribution in [0.25, 0.3) is 16.9 Å². The number of hydrazone groups is 1. The van der Waals surface area contributed by atoms with Crippen LogP contribution >= 0.6 is 0 Å². The zero-order valence-electron chi connectivity index (χ0n) is 20.6. The number of aliphatic hydroxyl groups is 1. The molecule has 0 unspecified atom stereocenters. The van der Waals surface area contributed by atoms with Gasteiger partial charge in [-0.25, -0.2) is 9.69 Å². The van der Waals surface area contributed by atoms with Crippen molar-refractivity contribution in [3.8, 4) is 22.7 Å². The topological polar surface area (TPSA) is 92.0 Å². The number of ether oxygens (including phenoxy) is 1. The average molecular weight is 496 g/mol. The summed E-state index contributed by atoms with van der Waals surface area (Å²) in [6, 6.07) is 27.3. The number of aliphatic hydroxyl groups excluding tert-OH is 1. The monoisotopic (exact) mass is 495 g/mol. The van der Waals surface area contributed by atoms with Gasteiger partial charge in [0.15, 0.2) is 0 Å². The minimum Gasteiger partial charge on any atom is -0.497 e. The zero-order valence-corrected chi connectivity index (χ0v) is 20.6. The molecule has 1 aliphatic rings. The van der Waals surface area contributed by atoms with E-state index in [1.807, 2.05) is 95.8 Å². The third kappa shape index (κ3) is 5.30. The summed E-state index contributed by atoms with van der Waals surface area (Å²) >= 11 is 0. The molecule has 8 nitrogen and oxygen atoms in total. The average Bonchev–Trinajstić information content (AvgIpc) is 3.60. The van der Waals surface area contributed by atoms with Gasteiger partial charge in [-0.1, -0.05) is 60.7 Å². The molecule has 0 saturated carbocycles. The van der Waals surface area contributed by atoms with Crippen LogP contribution in [0.3, 0.4) is 0 Å². The summed E-state index contributed by atoms with van der Waals surface area (Å²) in [5.74, 6) is 0.552. The van der Waals surface area contributed by atoms with Crippen LogP contribution in [-0.4, -0.2) is 58.3 Å². The number of amides is 1. The summed E-state index contributed by atoms with van der Waals surface area (Å²) in [6.45, 7) is 0.356. The molecule has 1 aromatic heterocycles. The Bertz CT molecular complexity index is 1390. The summed E-state index contributed by atoms with van der Waals surface area (Å²) in [4.78, 5) is 13.4. The second kappa shape index (κ2) is 11.2. The van der Waals surface area contributed by atoms with Crippen molar-refractivity contribution in [3.05, 3.63) is 102 Å². The lowest BCUT2D eigenvalue weighted by Gasteiger charge is -2.22. The fourth-order valence-electron chi connectivity index (χ4n) is 4.48. The second-order valence-corrected chi connectivity index (χ2v) is 8.72. The Hall–Kier alpha value is -4.27. The molecule has 0 radical (unpaired) electrons. The number of hydrogen-bond acceptors (Lipinski definition) is 6. The number of nitrogens with zero attached hydrogens (tertiary/aromatic N) is 4. The van der Waals surface area contributed by atoms with E-state index < -0.39 is 0 Å². The van der Waals surface area contributed by atoms with Gasteiger partial charge in [0.1, 0.15) is 5.75 Å². The fourth-order valence-corrected chi connectivity index (χ4v) is 4.48. The summed E-state index contributed by atoms with van der Waals surface area (Å²) in [6.07, 6.45) is 2.52. The van der Waals surface area contributed by atoms with Crippen molar-refractivity contribution in [1.29, 1.82) is 0 Å². The molecule has 5 rings (SSSR count). The molecular formula is C29H29N5O3. The minimum absolute atomic E-state index is 0.0446. The predicted octanol–water partition coefficient (Wildman–Crippen LogP) is 3.81. The number of benzene rings is 3. The van der Waals surface area contributed by atoms with Crippen LogP contribution in [0.4, 0.5) is 0 Å². The molecule has 1 atom stereocenters. The van der Waals surface area contributed by atoms with Crippen molar-refractivity contribution < 1.29 is 14.6 Å². The maximum atomic E-state index is 13.4. The van der Waals surface area contributed by atoms with Crippen LogP contribution in [0, 0.1) is 0 Å².